The lowest BCUT2D eigenvalue weighted by Crippen LogP contribution is -2.38. The maximum atomic E-state index is 13.0. The van der Waals surface area contributed by atoms with Crippen LogP contribution >= 0.6 is 13.5 Å². The second-order valence-electron chi connectivity index (χ2n) is 8.38. The standard InChI is InChI=1S/C24H27N3O4.H2S/c1-24(31,23(29)30)19-6-5-18-12-21(26-20(18)13-19)22(28)27-9-7-16(8-10-27)17-4-2-3-15(11-17)14-25;/h2-6,11-13,16,26,31H,7-10,14,25H2,1H3,(H,29,30);1H2/t24-;/m0./s1. The number of aliphatic carboxylic acids is 1. The molecule has 2 heterocycles. The van der Waals surface area contributed by atoms with Crippen LogP contribution in [-0.2, 0) is 16.9 Å². The van der Waals surface area contributed by atoms with Crippen LogP contribution in [0.3, 0.4) is 0 Å². The number of fused-ring (bicyclic) bond motifs is 1. The minimum absolute atomic E-state index is 0. The second kappa shape index (κ2) is 9.36. The Hall–Kier alpha value is -2.81. The number of aromatic amines is 1. The molecule has 7 nitrogen and oxygen atoms in total. The van der Waals surface area contributed by atoms with Crippen molar-refractivity contribution >= 4 is 36.3 Å². The molecule has 0 aliphatic carbocycles. The summed E-state index contributed by atoms with van der Waals surface area (Å²) in [4.78, 5) is 29.3. The topological polar surface area (TPSA) is 120 Å². The Kier molecular flexibility index (Phi) is 6.97. The summed E-state index contributed by atoms with van der Waals surface area (Å²) in [6.07, 6.45) is 1.79. The number of benzene rings is 2. The van der Waals surface area contributed by atoms with Crippen molar-refractivity contribution in [3.8, 4) is 0 Å². The number of aromatic nitrogens is 1. The van der Waals surface area contributed by atoms with Crippen molar-refractivity contribution in [2.45, 2.75) is 37.8 Å². The summed E-state index contributed by atoms with van der Waals surface area (Å²) in [7, 11) is 0. The predicted molar refractivity (Wildman–Crippen MR) is 128 cm³/mol. The summed E-state index contributed by atoms with van der Waals surface area (Å²) in [5, 5.41) is 20.2. The Bertz CT molecular complexity index is 1130. The first-order valence-corrected chi connectivity index (χ1v) is 10.5. The van der Waals surface area contributed by atoms with Crippen LogP contribution in [0.15, 0.2) is 48.5 Å². The molecule has 0 spiro atoms. The molecule has 0 saturated carbocycles. The molecule has 1 aliphatic rings. The number of carbonyl (C=O) groups excluding carboxylic acids is 1. The second-order valence-corrected chi connectivity index (χ2v) is 8.38. The monoisotopic (exact) mass is 455 g/mol. The van der Waals surface area contributed by atoms with E-state index in [2.05, 4.69) is 17.1 Å². The third-order valence-electron chi connectivity index (χ3n) is 6.27. The molecular formula is C24H29N3O4S. The van der Waals surface area contributed by atoms with E-state index in [1.807, 2.05) is 17.0 Å². The molecule has 0 radical (unpaired) electrons. The van der Waals surface area contributed by atoms with E-state index in [-0.39, 0.29) is 25.0 Å². The average Bonchev–Trinajstić information content (AvgIpc) is 3.22. The third-order valence-corrected chi connectivity index (χ3v) is 6.27. The van der Waals surface area contributed by atoms with Gasteiger partial charge in [-0.2, -0.15) is 13.5 Å². The summed E-state index contributed by atoms with van der Waals surface area (Å²) in [6, 6.07) is 15.0. The number of nitrogens with zero attached hydrogens (tertiary/aromatic N) is 1. The number of aliphatic hydroxyl groups is 1. The zero-order valence-electron chi connectivity index (χ0n) is 18.0. The van der Waals surface area contributed by atoms with E-state index in [1.54, 1.807) is 24.3 Å². The number of piperidine rings is 1. The Labute approximate surface area is 193 Å². The van der Waals surface area contributed by atoms with E-state index in [4.69, 9.17) is 5.73 Å². The van der Waals surface area contributed by atoms with Gasteiger partial charge >= 0.3 is 5.97 Å². The predicted octanol–water partition coefficient (Wildman–Crippen LogP) is 3.05. The quantitative estimate of drug-likeness (QED) is 0.471. The highest BCUT2D eigenvalue weighted by molar-refractivity contribution is 7.59. The van der Waals surface area contributed by atoms with Gasteiger partial charge in [0.25, 0.3) is 5.91 Å². The Balaban J connectivity index is 0.00000289. The molecule has 5 N–H and O–H groups in total. The van der Waals surface area contributed by atoms with E-state index in [0.29, 0.717) is 36.8 Å². The molecule has 1 fully saturated rings. The molecule has 0 bridgehead atoms. The number of nitrogens with two attached hydrogens (primary N) is 1. The maximum Gasteiger partial charge on any atom is 0.340 e. The Morgan fingerprint density at radius 1 is 1.16 bits per heavy atom. The molecule has 1 aliphatic heterocycles. The molecule has 1 saturated heterocycles. The van der Waals surface area contributed by atoms with Crippen molar-refractivity contribution in [2.75, 3.05) is 13.1 Å². The number of carboxylic acid groups (broad SMARTS) is 1. The van der Waals surface area contributed by atoms with Gasteiger partial charge in [0, 0.05) is 30.5 Å². The van der Waals surface area contributed by atoms with E-state index in [0.717, 1.165) is 23.8 Å². The fourth-order valence-corrected chi connectivity index (χ4v) is 4.23. The van der Waals surface area contributed by atoms with Gasteiger partial charge in [0.1, 0.15) is 5.69 Å². The molecule has 8 heteroatoms. The van der Waals surface area contributed by atoms with Crippen LogP contribution < -0.4 is 5.73 Å². The number of carboxylic acids is 1. The van der Waals surface area contributed by atoms with Gasteiger partial charge in [0.2, 0.25) is 0 Å². The highest BCUT2D eigenvalue weighted by atomic mass is 32.1. The van der Waals surface area contributed by atoms with Crippen molar-refractivity contribution < 1.29 is 19.8 Å². The number of rotatable bonds is 5. The van der Waals surface area contributed by atoms with Crippen LogP contribution in [0.4, 0.5) is 0 Å². The van der Waals surface area contributed by atoms with Crippen LogP contribution in [0.2, 0.25) is 0 Å². The minimum Gasteiger partial charge on any atom is -0.479 e. The molecule has 4 rings (SSSR count). The number of carbonyl (C=O) groups is 2. The van der Waals surface area contributed by atoms with Gasteiger partial charge in [-0.15, -0.1) is 0 Å². The lowest BCUT2D eigenvalue weighted by atomic mass is 9.88. The van der Waals surface area contributed by atoms with Gasteiger partial charge < -0.3 is 25.8 Å². The van der Waals surface area contributed by atoms with Gasteiger partial charge in [-0.3, -0.25) is 4.79 Å². The van der Waals surface area contributed by atoms with Crippen LogP contribution in [0.25, 0.3) is 10.9 Å². The highest BCUT2D eigenvalue weighted by Crippen LogP contribution is 2.30. The van der Waals surface area contributed by atoms with Crippen molar-refractivity contribution in [1.29, 1.82) is 0 Å². The minimum atomic E-state index is -1.99. The number of hydrogen-bond acceptors (Lipinski definition) is 4. The highest BCUT2D eigenvalue weighted by Gasteiger charge is 2.32. The van der Waals surface area contributed by atoms with Gasteiger partial charge in [0.15, 0.2) is 5.60 Å². The zero-order valence-corrected chi connectivity index (χ0v) is 19.0. The smallest absolute Gasteiger partial charge is 0.340 e. The van der Waals surface area contributed by atoms with Crippen LogP contribution in [-0.4, -0.2) is 45.1 Å². The van der Waals surface area contributed by atoms with Crippen molar-refractivity contribution in [3.05, 3.63) is 70.9 Å². The van der Waals surface area contributed by atoms with E-state index < -0.39 is 11.6 Å². The Morgan fingerprint density at radius 3 is 2.53 bits per heavy atom. The molecule has 1 amide bonds. The molecule has 1 aromatic heterocycles. The van der Waals surface area contributed by atoms with Crippen molar-refractivity contribution in [1.82, 2.24) is 9.88 Å². The average molecular weight is 456 g/mol. The first-order valence-electron chi connectivity index (χ1n) is 10.5. The normalized spacial score (nSPS) is 16.4. The molecule has 0 unspecified atom stereocenters. The summed E-state index contributed by atoms with van der Waals surface area (Å²) in [6.45, 7) is 3.10. The number of hydrogen-bond donors (Lipinski definition) is 4. The van der Waals surface area contributed by atoms with Crippen molar-refractivity contribution in [3.63, 3.8) is 0 Å². The zero-order chi connectivity index (χ0) is 22.2. The number of nitrogens with one attached hydrogen (secondary N) is 1. The van der Waals surface area contributed by atoms with Crippen molar-refractivity contribution in [2.24, 2.45) is 5.73 Å². The molecule has 1 atom stereocenters. The van der Waals surface area contributed by atoms with E-state index in [9.17, 15) is 19.8 Å². The fourth-order valence-electron chi connectivity index (χ4n) is 4.23. The lowest BCUT2D eigenvalue weighted by molar-refractivity contribution is -0.157. The van der Waals surface area contributed by atoms with Gasteiger partial charge in [-0.05, 0) is 54.5 Å². The fraction of sp³-hybridized carbons (Fsp3) is 0.333. The first kappa shape index (κ1) is 23.8. The summed E-state index contributed by atoms with van der Waals surface area (Å²) in [5.74, 6) is -0.981. The van der Waals surface area contributed by atoms with Gasteiger partial charge in [-0.25, -0.2) is 4.79 Å². The van der Waals surface area contributed by atoms with Crippen LogP contribution in [0, 0.1) is 0 Å². The molecule has 170 valence electrons. The Morgan fingerprint density at radius 2 is 1.88 bits per heavy atom. The summed E-state index contributed by atoms with van der Waals surface area (Å²) in [5.41, 5.74) is 7.50. The van der Waals surface area contributed by atoms with E-state index in [1.165, 1.54) is 12.5 Å². The van der Waals surface area contributed by atoms with Gasteiger partial charge in [0.05, 0.1) is 0 Å². The molecular weight excluding hydrogens is 426 g/mol. The van der Waals surface area contributed by atoms with Gasteiger partial charge in [-0.1, -0.05) is 36.4 Å². The van der Waals surface area contributed by atoms with Crippen LogP contribution in [0.1, 0.15) is 52.9 Å². The third kappa shape index (κ3) is 4.53. The summed E-state index contributed by atoms with van der Waals surface area (Å²) >= 11 is 0. The number of H-pyrrole nitrogens is 1. The first-order chi connectivity index (χ1) is 14.8. The number of likely N-dealkylation sites (tertiary alicyclic amines) is 1. The number of amides is 1. The molecule has 32 heavy (non-hydrogen) atoms. The molecule has 3 aromatic rings. The maximum absolute atomic E-state index is 13.0. The summed E-state index contributed by atoms with van der Waals surface area (Å²) < 4.78 is 0. The lowest BCUT2D eigenvalue weighted by Gasteiger charge is -2.32. The molecule has 2 aromatic carbocycles. The SMILES string of the molecule is C[C@@](O)(C(=O)O)c1ccc2cc(C(=O)N3CCC(c4cccc(CN)c4)CC3)[nH]c2c1.S. The van der Waals surface area contributed by atoms with Crippen LogP contribution in [0.5, 0.6) is 0 Å². The largest absolute Gasteiger partial charge is 0.479 e. The van der Waals surface area contributed by atoms with E-state index >= 15 is 0 Å².